The van der Waals surface area contributed by atoms with Crippen molar-refractivity contribution >= 4 is 35.1 Å². The van der Waals surface area contributed by atoms with Crippen LogP contribution in [0.2, 0.25) is 10.0 Å². The summed E-state index contributed by atoms with van der Waals surface area (Å²) in [5.74, 6) is 1.21. The Hall–Kier alpha value is -3.13. The van der Waals surface area contributed by atoms with Gasteiger partial charge in [0.1, 0.15) is 22.7 Å². The van der Waals surface area contributed by atoms with E-state index in [1.807, 2.05) is 77.5 Å². The zero-order chi connectivity index (χ0) is 33.6. The number of aliphatic imine (C=N–C) groups is 1. The van der Waals surface area contributed by atoms with Gasteiger partial charge in [0.2, 0.25) is 0 Å². The fourth-order valence-electron chi connectivity index (χ4n) is 7.63. The summed E-state index contributed by atoms with van der Waals surface area (Å²) in [5, 5.41) is 4.78. The van der Waals surface area contributed by atoms with E-state index in [9.17, 15) is 0 Å². The Labute approximate surface area is 289 Å². The average molecular weight is 677 g/mol. The molecule has 1 spiro atoms. The predicted molar refractivity (Wildman–Crippen MR) is 191 cm³/mol. The summed E-state index contributed by atoms with van der Waals surface area (Å²) in [7, 11) is 0. The first-order chi connectivity index (χ1) is 22.3. The van der Waals surface area contributed by atoms with Crippen molar-refractivity contribution in [1.82, 2.24) is 20.1 Å². The van der Waals surface area contributed by atoms with Gasteiger partial charge in [0.15, 0.2) is 0 Å². The van der Waals surface area contributed by atoms with Crippen LogP contribution in [0.4, 0.5) is 4.79 Å². The molecule has 0 bridgehead atoms. The second-order valence-corrected chi connectivity index (χ2v) is 15.6. The van der Waals surface area contributed by atoms with Crippen LogP contribution in [0.3, 0.4) is 0 Å². The van der Waals surface area contributed by atoms with Crippen LogP contribution < -0.4 is 10.1 Å². The van der Waals surface area contributed by atoms with E-state index in [4.69, 9.17) is 37.9 Å². The number of rotatable bonds is 5. The van der Waals surface area contributed by atoms with Crippen LogP contribution in [-0.2, 0) is 16.5 Å². The van der Waals surface area contributed by atoms with E-state index < -0.39 is 11.1 Å². The van der Waals surface area contributed by atoms with Gasteiger partial charge < -0.3 is 15.0 Å². The quantitative estimate of drug-likeness (QED) is 0.294. The number of benzene rings is 2. The van der Waals surface area contributed by atoms with E-state index in [-0.39, 0.29) is 11.4 Å². The Kier molecular flexibility index (Phi) is 9.14. The topological polar surface area (TPSA) is 70.1 Å². The number of hydrogen-bond acceptors (Lipinski definition) is 5. The number of piperidine rings is 2. The SMILES string of the molecule is CCOc1cc(C(C)(C)C)ncc1C1=NC(C)(c2ccc(Cl)cc2)C(C)(c2ccc(Cl)cc2)N1C(=O)N1CCC2(CCNCC2)CC1. The van der Waals surface area contributed by atoms with Gasteiger partial charge in [-0.15, -0.1) is 0 Å². The van der Waals surface area contributed by atoms with Gasteiger partial charge in [0.05, 0.1) is 12.2 Å². The molecule has 2 unspecified atom stereocenters. The predicted octanol–water partition coefficient (Wildman–Crippen LogP) is 8.56. The average Bonchev–Trinajstić information content (AvgIpc) is 3.29. The van der Waals surface area contributed by atoms with Gasteiger partial charge in [-0.1, -0.05) is 68.2 Å². The number of urea groups is 1. The van der Waals surface area contributed by atoms with E-state index in [0.717, 1.165) is 55.6 Å². The number of ether oxygens (including phenoxy) is 1. The molecule has 2 fully saturated rings. The third-order valence-electron chi connectivity index (χ3n) is 10.9. The van der Waals surface area contributed by atoms with Gasteiger partial charge >= 0.3 is 6.03 Å². The van der Waals surface area contributed by atoms with E-state index in [1.54, 1.807) is 0 Å². The summed E-state index contributed by atoms with van der Waals surface area (Å²) in [6.07, 6.45) is 6.15. The van der Waals surface area contributed by atoms with Crippen molar-refractivity contribution in [2.75, 3.05) is 32.8 Å². The molecule has 250 valence electrons. The minimum Gasteiger partial charge on any atom is -0.493 e. The number of nitrogens with one attached hydrogen (secondary N) is 1. The smallest absolute Gasteiger partial charge is 0.326 e. The molecule has 9 heteroatoms. The second kappa shape index (κ2) is 12.7. The van der Waals surface area contributed by atoms with E-state index in [0.29, 0.717) is 52.3 Å². The zero-order valence-electron chi connectivity index (χ0n) is 28.5. The number of amidine groups is 1. The lowest BCUT2D eigenvalue weighted by Gasteiger charge is -2.49. The van der Waals surface area contributed by atoms with Crippen molar-refractivity contribution in [3.63, 3.8) is 0 Å². The molecular formula is C38H47Cl2N5O2. The van der Waals surface area contributed by atoms with Crippen LogP contribution in [-0.4, -0.2) is 59.4 Å². The molecule has 2 amide bonds. The highest BCUT2D eigenvalue weighted by molar-refractivity contribution is 6.30. The normalized spacial score (nSPS) is 24.4. The molecule has 3 aromatic rings. The Balaban J connectivity index is 1.54. The van der Waals surface area contributed by atoms with Crippen molar-refractivity contribution in [1.29, 1.82) is 0 Å². The number of amides is 2. The Morgan fingerprint density at radius 2 is 1.49 bits per heavy atom. The first kappa shape index (κ1) is 33.8. The third-order valence-corrected chi connectivity index (χ3v) is 11.4. The van der Waals surface area contributed by atoms with Crippen molar-refractivity contribution in [2.24, 2.45) is 10.4 Å². The minimum absolute atomic E-state index is 0.0648. The Bertz CT molecular complexity index is 1640. The highest BCUT2D eigenvalue weighted by atomic mass is 35.5. The number of halogens is 2. The molecule has 3 aliphatic rings. The summed E-state index contributed by atoms with van der Waals surface area (Å²) in [6, 6.07) is 17.5. The van der Waals surface area contributed by atoms with Crippen molar-refractivity contribution < 1.29 is 9.53 Å². The number of hydrogen-bond donors (Lipinski definition) is 1. The second-order valence-electron chi connectivity index (χ2n) is 14.7. The maximum absolute atomic E-state index is 15.2. The Morgan fingerprint density at radius 3 is 2.04 bits per heavy atom. The van der Waals surface area contributed by atoms with Gasteiger partial charge in [-0.05, 0) is 100 Å². The molecule has 4 heterocycles. The Morgan fingerprint density at radius 1 is 0.915 bits per heavy atom. The van der Waals surface area contributed by atoms with Crippen LogP contribution in [0, 0.1) is 5.41 Å². The molecule has 1 N–H and O–H groups in total. The van der Waals surface area contributed by atoms with Gasteiger partial charge in [0.25, 0.3) is 0 Å². The molecule has 6 rings (SSSR count). The van der Waals surface area contributed by atoms with Crippen LogP contribution in [0.1, 0.15) is 89.6 Å². The highest BCUT2D eigenvalue weighted by Crippen LogP contribution is 2.54. The van der Waals surface area contributed by atoms with Gasteiger partial charge in [-0.2, -0.15) is 0 Å². The third kappa shape index (κ3) is 6.04. The lowest BCUT2D eigenvalue weighted by molar-refractivity contribution is 0.0623. The van der Waals surface area contributed by atoms with Crippen LogP contribution in [0.5, 0.6) is 5.75 Å². The molecule has 7 nitrogen and oxygen atoms in total. The number of carbonyl (C=O) groups is 1. The van der Waals surface area contributed by atoms with E-state index in [2.05, 4.69) is 39.9 Å². The number of carbonyl (C=O) groups excluding carboxylic acids is 1. The maximum Gasteiger partial charge on any atom is 0.326 e. The molecule has 2 saturated heterocycles. The minimum atomic E-state index is -0.950. The summed E-state index contributed by atoms with van der Waals surface area (Å²) < 4.78 is 6.30. The molecule has 47 heavy (non-hydrogen) atoms. The van der Waals surface area contributed by atoms with Crippen LogP contribution >= 0.6 is 23.2 Å². The standard InChI is InChI=1S/C38H47Cl2N5O2/c1-7-47-31-24-32(35(2,3)4)42-25-30(31)33-43-36(5,26-8-12-28(39)13-9-26)37(6,27-10-14-29(40)15-11-27)45(33)34(46)44-22-18-38(19-23-44)16-20-41-21-17-38/h8-15,24-25,41H,7,16-23H2,1-6H3. The fourth-order valence-corrected chi connectivity index (χ4v) is 7.88. The van der Waals surface area contributed by atoms with Gasteiger partial charge in [-0.3, -0.25) is 14.9 Å². The lowest BCUT2D eigenvalue weighted by Crippen LogP contribution is -2.59. The van der Waals surface area contributed by atoms with E-state index >= 15 is 4.79 Å². The summed E-state index contributed by atoms with van der Waals surface area (Å²) in [4.78, 5) is 29.6. The zero-order valence-corrected chi connectivity index (χ0v) is 30.0. The largest absolute Gasteiger partial charge is 0.493 e. The van der Waals surface area contributed by atoms with Gasteiger partial charge in [-0.25, -0.2) is 4.79 Å². The molecular weight excluding hydrogens is 629 g/mol. The molecule has 3 aliphatic heterocycles. The van der Waals surface area contributed by atoms with Crippen molar-refractivity contribution in [2.45, 2.75) is 83.7 Å². The number of likely N-dealkylation sites (tertiary alicyclic amines) is 1. The molecule has 0 saturated carbocycles. The molecule has 1 aromatic heterocycles. The first-order valence-electron chi connectivity index (χ1n) is 16.9. The first-order valence-corrected chi connectivity index (χ1v) is 17.6. The summed E-state index contributed by atoms with van der Waals surface area (Å²) in [6.45, 7) is 16.6. The maximum atomic E-state index is 15.2. The van der Waals surface area contributed by atoms with Crippen LogP contribution in [0.15, 0.2) is 65.8 Å². The molecule has 0 radical (unpaired) electrons. The van der Waals surface area contributed by atoms with Crippen molar-refractivity contribution in [3.05, 3.63) is 93.2 Å². The molecule has 2 aromatic carbocycles. The molecule has 0 aliphatic carbocycles. The van der Waals surface area contributed by atoms with Crippen molar-refractivity contribution in [3.8, 4) is 5.75 Å². The van der Waals surface area contributed by atoms with Gasteiger partial charge in [0, 0.05) is 46.5 Å². The summed E-state index contributed by atoms with van der Waals surface area (Å²) >= 11 is 12.8. The summed E-state index contributed by atoms with van der Waals surface area (Å²) in [5.41, 5.74) is 1.72. The number of nitrogens with zero attached hydrogens (tertiary/aromatic N) is 4. The molecule has 2 atom stereocenters. The van der Waals surface area contributed by atoms with E-state index in [1.165, 1.54) is 0 Å². The number of aromatic nitrogens is 1. The number of pyridine rings is 1. The van der Waals surface area contributed by atoms with Crippen LogP contribution in [0.25, 0.3) is 0 Å². The monoisotopic (exact) mass is 675 g/mol. The lowest BCUT2D eigenvalue weighted by atomic mass is 9.70. The highest BCUT2D eigenvalue weighted by Gasteiger charge is 2.60. The fraction of sp³-hybridized carbons (Fsp3) is 0.500.